The first kappa shape index (κ1) is 20.2. The number of piperidine rings is 1. The number of amides is 1. The molecule has 0 spiro atoms. The molecule has 1 atom stereocenters. The van der Waals surface area contributed by atoms with Gasteiger partial charge in [-0.2, -0.15) is 0 Å². The summed E-state index contributed by atoms with van der Waals surface area (Å²) in [5, 5.41) is 0.790. The van der Waals surface area contributed by atoms with Crippen LogP contribution in [0.15, 0.2) is 42.5 Å². The molecule has 8 heteroatoms. The van der Waals surface area contributed by atoms with Gasteiger partial charge in [0, 0.05) is 45.0 Å². The van der Waals surface area contributed by atoms with E-state index in [4.69, 9.17) is 0 Å². The molecule has 2 aliphatic rings. The average molecular weight is 443 g/mol. The zero-order chi connectivity index (χ0) is 21.4. The number of aromatic nitrogens is 1. The molecule has 0 bridgehead atoms. The van der Waals surface area contributed by atoms with Crippen molar-refractivity contribution in [3.05, 3.63) is 54.1 Å². The van der Waals surface area contributed by atoms with Crippen molar-refractivity contribution in [2.45, 2.75) is 12.8 Å². The van der Waals surface area contributed by atoms with E-state index in [9.17, 15) is 13.6 Å². The molecule has 2 aromatic carbocycles. The first-order chi connectivity index (χ1) is 15.1. The first-order valence-electron chi connectivity index (χ1n) is 10.7. The monoisotopic (exact) mass is 442 g/mol. The van der Waals surface area contributed by atoms with E-state index in [0.717, 1.165) is 48.0 Å². The molecule has 5 rings (SSSR count). The standard InChI is InChI=1S/C23H24F2N4OS/c24-17-6-8-18(9-7-17)27-11-13-28(14-12-27)22(30)16-3-2-10-29(15-16)23-26-21-19(25)4-1-5-20(21)31-23/h1,4-9,16H,2-3,10-15H2. The van der Waals surface area contributed by atoms with Crippen molar-refractivity contribution >= 4 is 38.3 Å². The average Bonchev–Trinajstić information content (AvgIpc) is 3.25. The molecule has 0 N–H and O–H groups in total. The summed E-state index contributed by atoms with van der Waals surface area (Å²) in [6, 6.07) is 11.5. The summed E-state index contributed by atoms with van der Waals surface area (Å²) < 4.78 is 28.0. The molecule has 1 unspecified atom stereocenters. The van der Waals surface area contributed by atoms with Crippen LogP contribution in [-0.2, 0) is 4.79 Å². The molecule has 5 nitrogen and oxygen atoms in total. The molecule has 162 valence electrons. The number of anilines is 2. The lowest BCUT2D eigenvalue weighted by molar-refractivity contribution is -0.136. The van der Waals surface area contributed by atoms with Gasteiger partial charge in [-0.3, -0.25) is 4.79 Å². The summed E-state index contributed by atoms with van der Waals surface area (Å²) in [7, 11) is 0. The molecule has 1 aromatic heterocycles. The normalized spacial score (nSPS) is 19.8. The van der Waals surface area contributed by atoms with Gasteiger partial charge in [0.25, 0.3) is 0 Å². The second-order valence-electron chi connectivity index (χ2n) is 8.16. The molecule has 31 heavy (non-hydrogen) atoms. The fraction of sp³-hybridized carbons (Fsp3) is 0.391. The van der Waals surface area contributed by atoms with Gasteiger partial charge >= 0.3 is 0 Å². The SMILES string of the molecule is O=C(C1CCCN(c2nc3c(F)cccc3s2)C1)N1CCN(c2ccc(F)cc2)CC1. The molecule has 1 amide bonds. The number of fused-ring (bicyclic) bond motifs is 1. The molecule has 3 heterocycles. The number of piperazine rings is 1. The van der Waals surface area contributed by atoms with Gasteiger partial charge in [-0.15, -0.1) is 0 Å². The van der Waals surface area contributed by atoms with Gasteiger partial charge in [0.1, 0.15) is 17.2 Å². The summed E-state index contributed by atoms with van der Waals surface area (Å²) in [5.74, 6) is -0.419. The van der Waals surface area contributed by atoms with E-state index in [-0.39, 0.29) is 23.5 Å². The molecule has 2 aliphatic heterocycles. The number of carbonyl (C=O) groups is 1. The highest BCUT2D eigenvalue weighted by atomic mass is 32.1. The fourth-order valence-electron chi connectivity index (χ4n) is 4.49. The third kappa shape index (κ3) is 4.08. The number of rotatable bonds is 3. The number of para-hydroxylation sites is 1. The molecule has 0 aliphatic carbocycles. The Morgan fingerprint density at radius 2 is 1.74 bits per heavy atom. The Labute approximate surface area is 183 Å². The summed E-state index contributed by atoms with van der Waals surface area (Å²) in [6.45, 7) is 4.27. The predicted molar refractivity (Wildman–Crippen MR) is 120 cm³/mol. The highest BCUT2D eigenvalue weighted by Gasteiger charge is 2.32. The van der Waals surface area contributed by atoms with Crippen molar-refractivity contribution in [2.75, 3.05) is 49.1 Å². The molecule has 2 fully saturated rings. The van der Waals surface area contributed by atoms with Gasteiger partial charge in [-0.05, 0) is 49.2 Å². The van der Waals surface area contributed by atoms with Gasteiger partial charge in [0.05, 0.1) is 10.6 Å². The Morgan fingerprint density at radius 3 is 2.48 bits per heavy atom. The van der Waals surface area contributed by atoms with Crippen molar-refractivity contribution in [3.63, 3.8) is 0 Å². The van der Waals surface area contributed by atoms with E-state index in [1.165, 1.54) is 29.5 Å². The Hall–Kier alpha value is -2.74. The van der Waals surface area contributed by atoms with Crippen molar-refractivity contribution in [1.82, 2.24) is 9.88 Å². The van der Waals surface area contributed by atoms with Crippen LogP contribution in [0.2, 0.25) is 0 Å². The van der Waals surface area contributed by atoms with Crippen LogP contribution in [0.4, 0.5) is 19.6 Å². The van der Waals surface area contributed by atoms with Gasteiger partial charge in [-0.1, -0.05) is 17.4 Å². The van der Waals surface area contributed by atoms with E-state index < -0.39 is 0 Å². The van der Waals surface area contributed by atoms with E-state index >= 15 is 0 Å². The molecular formula is C23H24F2N4OS. The predicted octanol–water partition coefficient (Wildman–Crippen LogP) is 4.14. The van der Waals surface area contributed by atoms with Crippen molar-refractivity contribution in [3.8, 4) is 0 Å². The van der Waals surface area contributed by atoms with Crippen molar-refractivity contribution < 1.29 is 13.6 Å². The quantitative estimate of drug-likeness (QED) is 0.611. The molecule has 0 saturated carbocycles. The van der Waals surface area contributed by atoms with Crippen LogP contribution in [-0.4, -0.2) is 55.1 Å². The Bertz CT molecular complexity index is 1080. The second kappa shape index (κ2) is 8.42. The van der Waals surface area contributed by atoms with Crippen LogP contribution in [0.3, 0.4) is 0 Å². The maximum absolute atomic E-state index is 14.0. The number of nitrogens with zero attached hydrogens (tertiary/aromatic N) is 4. The number of benzene rings is 2. The minimum atomic E-state index is -0.302. The summed E-state index contributed by atoms with van der Waals surface area (Å²) >= 11 is 1.48. The number of halogens is 2. The van der Waals surface area contributed by atoms with E-state index in [1.54, 1.807) is 18.2 Å². The zero-order valence-corrected chi connectivity index (χ0v) is 18.0. The molecule has 3 aromatic rings. The third-order valence-corrected chi connectivity index (χ3v) is 7.26. The van der Waals surface area contributed by atoms with Gasteiger partial charge < -0.3 is 14.7 Å². The van der Waals surface area contributed by atoms with Crippen LogP contribution >= 0.6 is 11.3 Å². The lowest BCUT2D eigenvalue weighted by Gasteiger charge is -2.39. The van der Waals surface area contributed by atoms with Gasteiger partial charge in [0.15, 0.2) is 5.13 Å². The number of thiazole rings is 1. The lowest BCUT2D eigenvalue weighted by Crippen LogP contribution is -2.52. The van der Waals surface area contributed by atoms with Crippen molar-refractivity contribution in [2.24, 2.45) is 5.92 Å². The minimum absolute atomic E-state index is 0.0667. The lowest BCUT2D eigenvalue weighted by atomic mass is 9.96. The first-order valence-corrected chi connectivity index (χ1v) is 11.5. The fourth-order valence-corrected chi connectivity index (χ4v) is 5.50. The minimum Gasteiger partial charge on any atom is -0.368 e. The van der Waals surface area contributed by atoms with E-state index in [1.807, 2.05) is 11.0 Å². The molecule has 2 saturated heterocycles. The van der Waals surface area contributed by atoms with Crippen LogP contribution in [0, 0.1) is 17.6 Å². The van der Waals surface area contributed by atoms with Gasteiger partial charge in [0.2, 0.25) is 5.91 Å². The number of hydrogen-bond acceptors (Lipinski definition) is 5. The summed E-state index contributed by atoms with van der Waals surface area (Å²) in [4.78, 5) is 24.0. The number of carbonyl (C=O) groups excluding carboxylic acids is 1. The summed E-state index contributed by atoms with van der Waals surface area (Å²) in [5.41, 5.74) is 1.40. The number of hydrogen-bond donors (Lipinski definition) is 0. The topological polar surface area (TPSA) is 39.7 Å². The maximum atomic E-state index is 14.0. The highest BCUT2D eigenvalue weighted by molar-refractivity contribution is 7.22. The largest absolute Gasteiger partial charge is 0.368 e. The maximum Gasteiger partial charge on any atom is 0.227 e. The summed E-state index contributed by atoms with van der Waals surface area (Å²) in [6.07, 6.45) is 1.79. The zero-order valence-electron chi connectivity index (χ0n) is 17.1. The van der Waals surface area contributed by atoms with E-state index in [2.05, 4.69) is 14.8 Å². The third-order valence-electron chi connectivity index (χ3n) is 6.18. The smallest absolute Gasteiger partial charge is 0.227 e. The Balaban J connectivity index is 1.22. The van der Waals surface area contributed by atoms with Gasteiger partial charge in [-0.25, -0.2) is 13.8 Å². The second-order valence-corrected chi connectivity index (χ2v) is 9.17. The molecular weight excluding hydrogens is 418 g/mol. The highest BCUT2D eigenvalue weighted by Crippen LogP contribution is 2.33. The van der Waals surface area contributed by atoms with Crippen LogP contribution < -0.4 is 9.80 Å². The van der Waals surface area contributed by atoms with Crippen LogP contribution in [0.25, 0.3) is 10.2 Å². The van der Waals surface area contributed by atoms with Crippen molar-refractivity contribution in [1.29, 1.82) is 0 Å². The van der Waals surface area contributed by atoms with E-state index in [0.29, 0.717) is 25.2 Å². The van der Waals surface area contributed by atoms with Crippen LogP contribution in [0.1, 0.15) is 12.8 Å². The Kier molecular flexibility index (Phi) is 5.48. The van der Waals surface area contributed by atoms with Crippen LogP contribution in [0.5, 0.6) is 0 Å². The Morgan fingerprint density at radius 1 is 0.968 bits per heavy atom. The molecule has 0 radical (unpaired) electrons.